The predicted molar refractivity (Wildman–Crippen MR) is 70.5 cm³/mol. The quantitative estimate of drug-likeness (QED) is 0.640. The van der Waals surface area contributed by atoms with Crippen molar-refractivity contribution in [2.75, 3.05) is 0 Å². The molecule has 18 heavy (non-hydrogen) atoms. The maximum Gasteiger partial charge on any atom is 0.252 e. The van der Waals surface area contributed by atoms with Gasteiger partial charge >= 0.3 is 0 Å². The standard InChI is InChI=1S/C14H9ClO2S/c15-14(16)11-6-5-10-7-9-3-1-2-4-12(9)18(17)13(10)8-11/h1-6,8H,7H2. The van der Waals surface area contributed by atoms with Gasteiger partial charge in [0.2, 0.25) is 0 Å². The summed E-state index contributed by atoms with van der Waals surface area (Å²) < 4.78 is 12.4. The summed E-state index contributed by atoms with van der Waals surface area (Å²) in [5, 5.41) is -0.520. The van der Waals surface area contributed by atoms with Crippen LogP contribution in [0.1, 0.15) is 21.5 Å². The zero-order valence-corrected chi connectivity index (χ0v) is 10.9. The summed E-state index contributed by atoms with van der Waals surface area (Å²) in [6, 6.07) is 12.8. The summed E-state index contributed by atoms with van der Waals surface area (Å²) >= 11 is 5.46. The van der Waals surface area contributed by atoms with Gasteiger partial charge in [0.1, 0.15) is 0 Å². The second kappa shape index (κ2) is 4.34. The van der Waals surface area contributed by atoms with E-state index in [0.29, 0.717) is 10.5 Å². The second-order valence-corrected chi connectivity index (χ2v) is 5.91. The van der Waals surface area contributed by atoms with E-state index in [1.807, 2.05) is 30.3 Å². The van der Waals surface area contributed by atoms with Crippen LogP contribution in [-0.2, 0) is 17.2 Å². The van der Waals surface area contributed by atoms with Gasteiger partial charge in [-0.15, -0.1) is 0 Å². The minimum Gasteiger partial charge on any atom is -0.276 e. The third kappa shape index (κ3) is 1.80. The molecule has 1 aliphatic heterocycles. The van der Waals surface area contributed by atoms with Crippen molar-refractivity contribution >= 4 is 27.6 Å². The molecule has 2 aromatic rings. The van der Waals surface area contributed by atoms with Gasteiger partial charge in [0.15, 0.2) is 0 Å². The average Bonchev–Trinajstić information content (AvgIpc) is 2.38. The topological polar surface area (TPSA) is 34.1 Å². The lowest BCUT2D eigenvalue weighted by Gasteiger charge is -2.19. The Morgan fingerprint density at radius 1 is 1.06 bits per heavy atom. The van der Waals surface area contributed by atoms with Crippen LogP contribution in [0.4, 0.5) is 0 Å². The first-order valence-electron chi connectivity index (χ1n) is 5.49. The Balaban J connectivity index is 2.17. The Bertz CT molecular complexity index is 679. The molecule has 1 heterocycles. The smallest absolute Gasteiger partial charge is 0.252 e. The van der Waals surface area contributed by atoms with Gasteiger partial charge in [-0.05, 0) is 47.3 Å². The van der Waals surface area contributed by atoms with Gasteiger partial charge in [-0.2, -0.15) is 0 Å². The second-order valence-electron chi connectivity index (χ2n) is 4.15. The van der Waals surface area contributed by atoms with Crippen LogP contribution in [0.3, 0.4) is 0 Å². The number of hydrogen-bond acceptors (Lipinski definition) is 2. The molecular weight excluding hydrogens is 268 g/mol. The molecule has 90 valence electrons. The molecule has 0 N–H and O–H groups in total. The third-order valence-electron chi connectivity index (χ3n) is 3.05. The number of hydrogen-bond donors (Lipinski definition) is 0. The van der Waals surface area contributed by atoms with Crippen molar-refractivity contribution in [2.45, 2.75) is 16.2 Å². The highest BCUT2D eigenvalue weighted by Gasteiger charge is 2.22. The van der Waals surface area contributed by atoms with Crippen LogP contribution in [0.25, 0.3) is 0 Å². The SMILES string of the molecule is O=C(Cl)c1ccc2c(c1)S(=O)c1ccccc1C2. The highest BCUT2D eigenvalue weighted by Crippen LogP contribution is 2.32. The van der Waals surface area contributed by atoms with Gasteiger partial charge < -0.3 is 0 Å². The van der Waals surface area contributed by atoms with E-state index < -0.39 is 16.0 Å². The van der Waals surface area contributed by atoms with Gasteiger partial charge in [-0.3, -0.25) is 4.79 Å². The van der Waals surface area contributed by atoms with E-state index in [9.17, 15) is 9.00 Å². The third-order valence-corrected chi connectivity index (χ3v) is 4.84. The number of carbonyl (C=O) groups excluding carboxylic acids is 1. The number of halogens is 1. The molecule has 1 unspecified atom stereocenters. The van der Waals surface area contributed by atoms with Crippen molar-refractivity contribution in [2.24, 2.45) is 0 Å². The molecule has 0 radical (unpaired) electrons. The molecule has 0 aliphatic carbocycles. The van der Waals surface area contributed by atoms with Crippen molar-refractivity contribution < 1.29 is 9.00 Å². The van der Waals surface area contributed by atoms with E-state index >= 15 is 0 Å². The molecule has 1 atom stereocenters. The van der Waals surface area contributed by atoms with Crippen molar-refractivity contribution in [3.8, 4) is 0 Å². The highest BCUT2D eigenvalue weighted by molar-refractivity contribution is 7.85. The van der Waals surface area contributed by atoms with Crippen molar-refractivity contribution in [3.63, 3.8) is 0 Å². The van der Waals surface area contributed by atoms with E-state index in [-0.39, 0.29) is 0 Å². The fraction of sp³-hybridized carbons (Fsp3) is 0.0714. The molecule has 0 spiro atoms. The average molecular weight is 277 g/mol. The van der Waals surface area contributed by atoms with Crippen LogP contribution in [0.5, 0.6) is 0 Å². The van der Waals surface area contributed by atoms with E-state index in [4.69, 9.17) is 11.6 Å². The van der Waals surface area contributed by atoms with Gasteiger partial charge in [0.05, 0.1) is 10.8 Å². The summed E-state index contributed by atoms with van der Waals surface area (Å²) in [5.41, 5.74) is 2.46. The Morgan fingerprint density at radius 2 is 1.78 bits per heavy atom. The van der Waals surface area contributed by atoms with E-state index in [0.717, 1.165) is 22.4 Å². The largest absolute Gasteiger partial charge is 0.276 e. The molecule has 0 amide bonds. The van der Waals surface area contributed by atoms with E-state index in [1.54, 1.807) is 12.1 Å². The van der Waals surface area contributed by atoms with Crippen LogP contribution in [-0.4, -0.2) is 9.45 Å². The monoisotopic (exact) mass is 276 g/mol. The fourth-order valence-corrected chi connectivity index (χ4v) is 3.70. The lowest BCUT2D eigenvalue weighted by Crippen LogP contribution is -2.10. The summed E-state index contributed by atoms with van der Waals surface area (Å²) in [5.74, 6) is 0. The maximum absolute atomic E-state index is 12.4. The number of rotatable bonds is 1. The van der Waals surface area contributed by atoms with Gasteiger partial charge in [0.25, 0.3) is 5.24 Å². The van der Waals surface area contributed by atoms with Gasteiger partial charge in [-0.25, -0.2) is 4.21 Å². The first kappa shape index (κ1) is 11.6. The van der Waals surface area contributed by atoms with Gasteiger partial charge in [-0.1, -0.05) is 24.3 Å². The summed E-state index contributed by atoms with van der Waals surface area (Å²) in [4.78, 5) is 12.7. The zero-order valence-electron chi connectivity index (χ0n) is 9.35. The first-order chi connectivity index (χ1) is 8.66. The Kier molecular flexibility index (Phi) is 2.80. The van der Waals surface area contributed by atoms with Crippen LogP contribution < -0.4 is 0 Å². The Morgan fingerprint density at radius 3 is 2.56 bits per heavy atom. The molecule has 3 rings (SSSR count). The predicted octanol–water partition coefficient (Wildman–Crippen LogP) is 3.14. The lowest BCUT2D eigenvalue weighted by atomic mass is 10.0. The Labute approximate surface area is 112 Å². The molecule has 0 saturated heterocycles. The highest BCUT2D eigenvalue weighted by atomic mass is 35.5. The van der Waals surface area contributed by atoms with Crippen LogP contribution in [0.2, 0.25) is 0 Å². The molecule has 0 saturated carbocycles. The molecule has 0 fully saturated rings. The summed E-state index contributed by atoms with van der Waals surface area (Å²) in [7, 11) is -1.23. The number of carbonyl (C=O) groups is 1. The summed E-state index contributed by atoms with van der Waals surface area (Å²) in [6.45, 7) is 0. The molecule has 2 nitrogen and oxygen atoms in total. The summed E-state index contributed by atoms with van der Waals surface area (Å²) in [6.07, 6.45) is 0.744. The molecule has 4 heteroatoms. The minimum absolute atomic E-state index is 0.392. The lowest BCUT2D eigenvalue weighted by molar-refractivity contribution is 0.108. The van der Waals surface area contributed by atoms with E-state index in [1.165, 1.54) is 0 Å². The van der Waals surface area contributed by atoms with Crippen LogP contribution in [0.15, 0.2) is 52.3 Å². The molecular formula is C14H9ClO2S. The van der Waals surface area contributed by atoms with Crippen molar-refractivity contribution in [3.05, 3.63) is 59.2 Å². The number of fused-ring (bicyclic) bond motifs is 2. The van der Waals surface area contributed by atoms with Crippen molar-refractivity contribution in [1.82, 2.24) is 0 Å². The molecule has 1 aliphatic rings. The molecule has 2 aromatic carbocycles. The normalized spacial score (nSPS) is 16.8. The molecule has 0 bridgehead atoms. The maximum atomic E-state index is 12.4. The zero-order chi connectivity index (χ0) is 12.7. The van der Waals surface area contributed by atoms with Crippen molar-refractivity contribution in [1.29, 1.82) is 0 Å². The van der Waals surface area contributed by atoms with Gasteiger partial charge in [0, 0.05) is 15.4 Å². The minimum atomic E-state index is -1.23. The van der Waals surface area contributed by atoms with Crippen LogP contribution >= 0.6 is 11.6 Å². The first-order valence-corrected chi connectivity index (χ1v) is 7.02. The Hall–Kier alpha value is -1.45. The molecule has 0 aromatic heterocycles. The van der Waals surface area contributed by atoms with E-state index in [2.05, 4.69) is 0 Å². The van der Waals surface area contributed by atoms with Crippen LogP contribution in [0, 0.1) is 0 Å². The number of benzene rings is 2. The fourth-order valence-electron chi connectivity index (χ4n) is 2.15.